The topological polar surface area (TPSA) is 62.9 Å². The summed E-state index contributed by atoms with van der Waals surface area (Å²) < 4.78 is 7.85. The van der Waals surface area contributed by atoms with Crippen molar-refractivity contribution in [1.82, 2.24) is 15.1 Å². The monoisotopic (exact) mass is 400 g/mol. The van der Waals surface area contributed by atoms with Crippen LogP contribution in [0, 0.1) is 24.2 Å². The van der Waals surface area contributed by atoms with Gasteiger partial charge in [0.25, 0.3) is 0 Å². The van der Waals surface area contributed by atoms with Crippen LogP contribution in [0.15, 0.2) is 54.6 Å². The van der Waals surface area contributed by atoms with Crippen molar-refractivity contribution < 1.29 is 4.74 Å². The Balaban J connectivity index is 1.41. The molecule has 0 bridgehead atoms. The van der Waals surface area contributed by atoms with E-state index in [4.69, 9.17) is 4.74 Å². The number of benzene rings is 2. The summed E-state index contributed by atoms with van der Waals surface area (Å²) in [6.45, 7) is 4.47. The molecule has 0 atom stereocenters. The second-order valence-electron chi connectivity index (χ2n) is 7.93. The fourth-order valence-electron chi connectivity index (χ4n) is 4.08. The highest BCUT2D eigenvalue weighted by molar-refractivity contribution is 5.43. The molecule has 2 aromatic carbocycles. The minimum Gasteiger partial charge on any atom is -0.487 e. The van der Waals surface area contributed by atoms with E-state index in [1.165, 1.54) is 24.8 Å². The predicted octanol–water partition coefficient (Wildman–Crippen LogP) is 4.56. The van der Waals surface area contributed by atoms with Crippen molar-refractivity contribution in [2.45, 2.75) is 39.2 Å². The van der Waals surface area contributed by atoms with Gasteiger partial charge in [-0.15, -0.1) is 0 Å². The minimum absolute atomic E-state index is 0.299. The second kappa shape index (κ2) is 9.60. The number of nitrogens with one attached hydrogen (secondary N) is 1. The Kier molecular flexibility index (Phi) is 6.46. The number of aromatic nitrogens is 2. The second-order valence-corrected chi connectivity index (χ2v) is 7.93. The summed E-state index contributed by atoms with van der Waals surface area (Å²) in [5, 5.41) is 17.6. The predicted molar refractivity (Wildman–Crippen MR) is 118 cm³/mol. The first-order chi connectivity index (χ1) is 14.7. The molecule has 0 aliphatic carbocycles. The number of rotatable bonds is 7. The van der Waals surface area contributed by atoms with Gasteiger partial charge in [0.15, 0.2) is 0 Å². The third kappa shape index (κ3) is 4.72. The normalized spacial score (nSPS) is 14.4. The Morgan fingerprint density at radius 2 is 1.83 bits per heavy atom. The quantitative estimate of drug-likeness (QED) is 0.631. The number of hydrogen-bond donors (Lipinski definition) is 1. The molecule has 1 aliphatic heterocycles. The zero-order valence-corrected chi connectivity index (χ0v) is 17.5. The van der Waals surface area contributed by atoms with E-state index in [1.807, 2.05) is 49.4 Å². The summed E-state index contributed by atoms with van der Waals surface area (Å²) >= 11 is 0. The molecule has 30 heavy (non-hydrogen) atoms. The van der Waals surface area contributed by atoms with Gasteiger partial charge in [-0.25, -0.2) is 4.68 Å². The molecule has 3 aromatic rings. The van der Waals surface area contributed by atoms with Gasteiger partial charge in [-0.2, -0.15) is 10.4 Å². The number of ether oxygens (including phenoxy) is 1. The zero-order chi connectivity index (χ0) is 20.8. The number of piperidine rings is 1. The maximum Gasteiger partial charge on any atom is 0.132 e. The lowest BCUT2D eigenvalue weighted by Gasteiger charge is -2.22. The van der Waals surface area contributed by atoms with Crippen molar-refractivity contribution in [3.8, 4) is 17.5 Å². The van der Waals surface area contributed by atoms with Crippen molar-refractivity contribution >= 4 is 0 Å². The Hall–Kier alpha value is -3.10. The largest absolute Gasteiger partial charge is 0.487 e. The standard InChI is InChI=1S/C25H28N4O/c1-19-24(17-26)25(29(28-19)22-5-3-2-4-6-22)18-30-23-11-9-20(10-12-23)7-8-21-13-15-27-16-14-21/h2-6,9-12,21,27H,7-8,13-16,18H2,1H3. The average molecular weight is 401 g/mol. The van der Waals surface area contributed by atoms with Crippen molar-refractivity contribution in [2.24, 2.45) is 5.92 Å². The van der Waals surface area contributed by atoms with Crippen LogP contribution in [0.3, 0.4) is 0 Å². The maximum atomic E-state index is 9.60. The fourth-order valence-corrected chi connectivity index (χ4v) is 4.08. The van der Waals surface area contributed by atoms with Crippen molar-refractivity contribution in [1.29, 1.82) is 5.26 Å². The highest BCUT2D eigenvalue weighted by atomic mass is 16.5. The van der Waals surface area contributed by atoms with E-state index in [-0.39, 0.29) is 0 Å². The van der Waals surface area contributed by atoms with Gasteiger partial charge >= 0.3 is 0 Å². The molecule has 4 rings (SSSR count). The lowest BCUT2D eigenvalue weighted by atomic mass is 9.91. The van der Waals surface area contributed by atoms with E-state index in [1.54, 1.807) is 4.68 Å². The third-order valence-electron chi connectivity index (χ3n) is 5.87. The molecule has 2 heterocycles. The summed E-state index contributed by atoms with van der Waals surface area (Å²) in [5.41, 5.74) is 4.35. The molecule has 5 heteroatoms. The molecule has 5 nitrogen and oxygen atoms in total. The van der Waals surface area contributed by atoms with Gasteiger partial charge < -0.3 is 10.1 Å². The van der Waals surface area contributed by atoms with Gasteiger partial charge in [-0.05, 0) is 81.4 Å². The highest BCUT2D eigenvalue weighted by Crippen LogP contribution is 2.23. The molecule has 1 fully saturated rings. The first-order valence-corrected chi connectivity index (χ1v) is 10.7. The molecular formula is C25H28N4O. The molecule has 154 valence electrons. The van der Waals surface area contributed by atoms with E-state index < -0.39 is 0 Å². The highest BCUT2D eigenvalue weighted by Gasteiger charge is 2.17. The summed E-state index contributed by atoms with van der Waals surface area (Å²) in [4.78, 5) is 0. The molecule has 1 aromatic heterocycles. The molecule has 0 radical (unpaired) electrons. The van der Waals surface area contributed by atoms with Gasteiger partial charge in [0.1, 0.15) is 24.0 Å². The minimum atomic E-state index is 0.299. The number of aryl methyl sites for hydroxylation is 2. The molecule has 0 amide bonds. The van der Waals surface area contributed by atoms with Crippen LogP contribution in [0.25, 0.3) is 5.69 Å². The van der Waals surface area contributed by atoms with Crippen LogP contribution < -0.4 is 10.1 Å². The summed E-state index contributed by atoms with van der Waals surface area (Å²) in [7, 11) is 0. The Morgan fingerprint density at radius 3 is 2.53 bits per heavy atom. The molecule has 0 unspecified atom stereocenters. The Morgan fingerprint density at radius 1 is 1.10 bits per heavy atom. The van der Waals surface area contributed by atoms with Gasteiger partial charge in [0.2, 0.25) is 0 Å². The summed E-state index contributed by atoms with van der Waals surface area (Å²) in [6.07, 6.45) is 4.94. The van der Waals surface area contributed by atoms with Crippen molar-refractivity contribution in [3.63, 3.8) is 0 Å². The lowest BCUT2D eigenvalue weighted by Crippen LogP contribution is -2.27. The van der Waals surface area contributed by atoms with E-state index >= 15 is 0 Å². The molecule has 0 spiro atoms. The number of hydrogen-bond acceptors (Lipinski definition) is 4. The van der Waals surface area contributed by atoms with Crippen LogP contribution in [0.4, 0.5) is 0 Å². The van der Waals surface area contributed by atoms with Crippen LogP contribution in [0.5, 0.6) is 5.75 Å². The number of para-hydroxylation sites is 1. The lowest BCUT2D eigenvalue weighted by molar-refractivity contribution is 0.297. The molecule has 1 aliphatic rings. The van der Waals surface area contributed by atoms with Gasteiger partial charge in [-0.3, -0.25) is 0 Å². The Bertz CT molecular complexity index is 996. The van der Waals surface area contributed by atoms with E-state index in [2.05, 4.69) is 28.6 Å². The van der Waals surface area contributed by atoms with Crippen LogP contribution in [-0.2, 0) is 13.0 Å². The van der Waals surface area contributed by atoms with Crippen LogP contribution >= 0.6 is 0 Å². The van der Waals surface area contributed by atoms with Crippen LogP contribution in [0.1, 0.15) is 41.8 Å². The molecule has 1 N–H and O–H groups in total. The number of nitrogens with zero attached hydrogens (tertiary/aromatic N) is 3. The van der Waals surface area contributed by atoms with Crippen LogP contribution in [0.2, 0.25) is 0 Å². The molecule has 1 saturated heterocycles. The maximum absolute atomic E-state index is 9.60. The summed E-state index contributed by atoms with van der Waals surface area (Å²) in [6, 6.07) is 20.5. The Labute approximate surface area is 178 Å². The van der Waals surface area contributed by atoms with Gasteiger partial charge in [-0.1, -0.05) is 30.3 Å². The smallest absolute Gasteiger partial charge is 0.132 e. The third-order valence-corrected chi connectivity index (χ3v) is 5.87. The molecule has 0 saturated carbocycles. The SMILES string of the molecule is Cc1nn(-c2ccccc2)c(COc2ccc(CCC3CCNCC3)cc2)c1C#N. The van der Waals surface area contributed by atoms with E-state index in [0.29, 0.717) is 17.9 Å². The fraction of sp³-hybridized carbons (Fsp3) is 0.360. The van der Waals surface area contributed by atoms with E-state index in [9.17, 15) is 5.26 Å². The first-order valence-electron chi connectivity index (χ1n) is 10.7. The van der Waals surface area contributed by atoms with E-state index in [0.717, 1.165) is 42.6 Å². The molecular weight excluding hydrogens is 372 g/mol. The average Bonchev–Trinajstić information content (AvgIpc) is 3.13. The van der Waals surface area contributed by atoms with Gasteiger partial charge in [0.05, 0.1) is 17.1 Å². The summed E-state index contributed by atoms with van der Waals surface area (Å²) in [5.74, 6) is 1.65. The van der Waals surface area contributed by atoms with Gasteiger partial charge in [0, 0.05) is 0 Å². The van der Waals surface area contributed by atoms with Crippen molar-refractivity contribution in [3.05, 3.63) is 77.1 Å². The van der Waals surface area contributed by atoms with Crippen molar-refractivity contribution in [2.75, 3.05) is 13.1 Å². The first kappa shape index (κ1) is 20.2. The zero-order valence-electron chi connectivity index (χ0n) is 17.5. The number of nitriles is 1. The van der Waals surface area contributed by atoms with Crippen LogP contribution in [-0.4, -0.2) is 22.9 Å².